The molecule has 0 unspecified atom stereocenters. The van der Waals surface area contributed by atoms with E-state index in [2.05, 4.69) is 15.0 Å². The number of sulfonamides is 1. The summed E-state index contributed by atoms with van der Waals surface area (Å²) < 4.78 is 26.7. The molecule has 0 aliphatic heterocycles. The maximum absolute atomic E-state index is 12.1. The van der Waals surface area contributed by atoms with Crippen LogP contribution in [0.5, 0.6) is 0 Å². The van der Waals surface area contributed by atoms with Gasteiger partial charge in [0.2, 0.25) is 10.0 Å². The van der Waals surface area contributed by atoms with Crippen LogP contribution >= 0.6 is 0 Å². The number of benzene rings is 1. The fourth-order valence-electron chi connectivity index (χ4n) is 1.69. The van der Waals surface area contributed by atoms with Gasteiger partial charge >= 0.3 is 0 Å². The Morgan fingerprint density at radius 1 is 1.19 bits per heavy atom. The molecule has 110 valence electrons. The molecule has 1 amide bonds. The van der Waals surface area contributed by atoms with Gasteiger partial charge in [-0.05, 0) is 35.9 Å². The first-order valence-electron chi connectivity index (χ1n) is 6.23. The lowest BCUT2D eigenvalue weighted by Crippen LogP contribution is -2.23. The van der Waals surface area contributed by atoms with E-state index >= 15 is 0 Å². The smallest absolute Gasteiger partial charge is 0.251 e. The van der Waals surface area contributed by atoms with Crippen molar-refractivity contribution in [1.82, 2.24) is 15.0 Å². The maximum atomic E-state index is 12.1. The molecule has 21 heavy (non-hydrogen) atoms. The zero-order valence-electron chi connectivity index (χ0n) is 11.4. The van der Waals surface area contributed by atoms with E-state index in [1.54, 1.807) is 24.5 Å². The van der Waals surface area contributed by atoms with Crippen molar-refractivity contribution in [3.05, 3.63) is 59.9 Å². The number of carbonyl (C=O) groups excluding carboxylic acids is 1. The zero-order valence-corrected chi connectivity index (χ0v) is 12.2. The van der Waals surface area contributed by atoms with Gasteiger partial charge in [-0.3, -0.25) is 9.78 Å². The Kier molecular flexibility index (Phi) is 4.66. The third-order valence-corrected chi connectivity index (χ3v) is 4.26. The average molecular weight is 305 g/mol. The Hall–Kier alpha value is -2.25. The molecule has 2 rings (SSSR count). The molecule has 0 atom stereocenters. The molecule has 0 radical (unpaired) electrons. The van der Waals surface area contributed by atoms with Crippen LogP contribution in [0.4, 0.5) is 0 Å². The SMILES string of the molecule is CNC(=O)c1ccc(S(=O)(=O)NCc2cccnc2)cc1. The van der Waals surface area contributed by atoms with Crippen LogP contribution in [0.25, 0.3) is 0 Å². The van der Waals surface area contributed by atoms with Gasteiger partial charge in [0, 0.05) is 31.5 Å². The molecule has 0 bridgehead atoms. The molecule has 0 fully saturated rings. The predicted molar refractivity (Wildman–Crippen MR) is 78.1 cm³/mol. The second kappa shape index (κ2) is 6.47. The standard InChI is InChI=1S/C14H15N3O3S/c1-15-14(18)12-4-6-13(7-5-12)21(19,20)17-10-11-3-2-8-16-9-11/h2-9,17H,10H2,1H3,(H,15,18). The molecule has 0 aliphatic carbocycles. The first kappa shape index (κ1) is 15.1. The fraction of sp³-hybridized carbons (Fsp3) is 0.143. The Balaban J connectivity index is 2.10. The highest BCUT2D eigenvalue weighted by Gasteiger charge is 2.14. The quantitative estimate of drug-likeness (QED) is 0.860. The largest absolute Gasteiger partial charge is 0.355 e. The van der Waals surface area contributed by atoms with Crippen LogP contribution in [0, 0.1) is 0 Å². The minimum atomic E-state index is -3.62. The number of aromatic nitrogens is 1. The minimum absolute atomic E-state index is 0.110. The van der Waals surface area contributed by atoms with Gasteiger partial charge < -0.3 is 5.32 Å². The highest BCUT2D eigenvalue weighted by atomic mass is 32.2. The van der Waals surface area contributed by atoms with Gasteiger partial charge in [0.05, 0.1) is 4.90 Å². The minimum Gasteiger partial charge on any atom is -0.355 e. The van der Waals surface area contributed by atoms with Gasteiger partial charge in [-0.15, -0.1) is 0 Å². The lowest BCUT2D eigenvalue weighted by Gasteiger charge is -2.07. The molecule has 1 aromatic heterocycles. The van der Waals surface area contributed by atoms with Crippen LogP contribution in [-0.2, 0) is 16.6 Å². The maximum Gasteiger partial charge on any atom is 0.251 e. The summed E-state index contributed by atoms with van der Waals surface area (Å²) in [5.74, 6) is -0.262. The van der Waals surface area contributed by atoms with Gasteiger partial charge in [0.1, 0.15) is 0 Å². The van der Waals surface area contributed by atoms with Crippen molar-refractivity contribution in [2.75, 3.05) is 7.05 Å². The van der Waals surface area contributed by atoms with Crippen molar-refractivity contribution >= 4 is 15.9 Å². The summed E-state index contributed by atoms with van der Waals surface area (Å²) in [6.07, 6.45) is 3.21. The van der Waals surface area contributed by atoms with Crippen molar-refractivity contribution in [1.29, 1.82) is 0 Å². The van der Waals surface area contributed by atoms with Crippen molar-refractivity contribution in [2.45, 2.75) is 11.4 Å². The van der Waals surface area contributed by atoms with Crippen LogP contribution in [0.15, 0.2) is 53.7 Å². The van der Waals surface area contributed by atoms with Crippen LogP contribution < -0.4 is 10.0 Å². The molecular weight excluding hydrogens is 290 g/mol. The van der Waals surface area contributed by atoms with E-state index in [1.807, 2.05) is 0 Å². The van der Waals surface area contributed by atoms with Gasteiger partial charge in [-0.25, -0.2) is 13.1 Å². The summed E-state index contributed by atoms with van der Waals surface area (Å²) >= 11 is 0. The molecule has 0 saturated carbocycles. The number of nitrogens with zero attached hydrogens (tertiary/aromatic N) is 1. The molecule has 2 aromatic rings. The molecule has 1 heterocycles. The summed E-state index contributed by atoms with van der Waals surface area (Å²) in [6, 6.07) is 9.26. The lowest BCUT2D eigenvalue weighted by atomic mass is 10.2. The Bertz CT molecular complexity index is 713. The monoisotopic (exact) mass is 305 g/mol. The average Bonchev–Trinajstić information content (AvgIpc) is 2.53. The lowest BCUT2D eigenvalue weighted by molar-refractivity contribution is 0.0963. The van der Waals surface area contributed by atoms with Crippen molar-refractivity contribution in [2.24, 2.45) is 0 Å². The van der Waals surface area contributed by atoms with Crippen LogP contribution in [-0.4, -0.2) is 26.4 Å². The zero-order chi connectivity index (χ0) is 15.3. The topological polar surface area (TPSA) is 88.2 Å². The number of amides is 1. The van der Waals surface area contributed by atoms with E-state index < -0.39 is 10.0 Å². The fourth-order valence-corrected chi connectivity index (χ4v) is 2.71. The van der Waals surface area contributed by atoms with E-state index in [0.29, 0.717) is 5.56 Å². The summed E-state index contributed by atoms with van der Waals surface area (Å²) in [5, 5.41) is 2.48. The molecule has 0 spiro atoms. The van der Waals surface area contributed by atoms with E-state index in [4.69, 9.17) is 0 Å². The third-order valence-electron chi connectivity index (χ3n) is 2.84. The van der Waals surface area contributed by atoms with Gasteiger partial charge in [0.15, 0.2) is 0 Å². The molecule has 7 heteroatoms. The molecular formula is C14H15N3O3S. The predicted octanol–water partition coefficient (Wildman–Crippen LogP) is 0.920. The van der Waals surface area contributed by atoms with E-state index in [9.17, 15) is 13.2 Å². The van der Waals surface area contributed by atoms with Crippen molar-refractivity contribution < 1.29 is 13.2 Å². The first-order chi connectivity index (χ1) is 10.0. The molecule has 2 N–H and O–H groups in total. The second-order valence-corrected chi connectivity index (χ2v) is 6.06. The van der Waals surface area contributed by atoms with Crippen LogP contribution in [0.3, 0.4) is 0 Å². The molecule has 0 aliphatic rings. The second-order valence-electron chi connectivity index (χ2n) is 4.29. The van der Waals surface area contributed by atoms with E-state index in [-0.39, 0.29) is 17.3 Å². The van der Waals surface area contributed by atoms with E-state index in [0.717, 1.165) is 5.56 Å². The molecule has 6 nitrogen and oxygen atoms in total. The molecule has 0 saturated heterocycles. The summed E-state index contributed by atoms with van der Waals surface area (Å²) in [6.45, 7) is 0.160. The number of hydrogen-bond donors (Lipinski definition) is 2. The van der Waals surface area contributed by atoms with Gasteiger partial charge in [-0.1, -0.05) is 6.07 Å². The highest BCUT2D eigenvalue weighted by molar-refractivity contribution is 7.89. The third kappa shape index (κ3) is 3.87. The summed E-state index contributed by atoms with van der Waals surface area (Å²) in [4.78, 5) is 15.4. The van der Waals surface area contributed by atoms with Crippen molar-refractivity contribution in [3.63, 3.8) is 0 Å². The number of rotatable bonds is 5. The van der Waals surface area contributed by atoms with E-state index in [1.165, 1.54) is 31.3 Å². The Morgan fingerprint density at radius 2 is 1.90 bits per heavy atom. The Labute approximate surface area is 123 Å². The number of nitrogens with one attached hydrogen (secondary N) is 2. The number of carbonyl (C=O) groups is 1. The summed E-state index contributed by atoms with van der Waals surface area (Å²) in [7, 11) is -2.10. The van der Waals surface area contributed by atoms with Crippen LogP contribution in [0.2, 0.25) is 0 Å². The van der Waals surface area contributed by atoms with Gasteiger partial charge in [0.25, 0.3) is 5.91 Å². The van der Waals surface area contributed by atoms with Crippen molar-refractivity contribution in [3.8, 4) is 0 Å². The highest BCUT2D eigenvalue weighted by Crippen LogP contribution is 2.11. The first-order valence-corrected chi connectivity index (χ1v) is 7.72. The number of hydrogen-bond acceptors (Lipinski definition) is 4. The number of pyridine rings is 1. The molecule has 1 aromatic carbocycles. The Morgan fingerprint density at radius 3 is 2.48 bits per heavy atom. The van der Waals surface area contributed by atoms with Crippen LogP contribution in [0.1, 0.15) is 15.9 Å². The summed E-state index contributed by atoms with van der Waals surface area (Å²) in [5.41, 5.74) is 1.17. The normalized spacial score (nSPS) is 11.1. The van der Waals surface area contributed by atoms with Gasteiger partial charge in [-0.2, -0.15) is 0 Å².